The van der Waals surface area contributed by atoms with E-state index in [1.54, 1.807) is 0 Å². The van der Waals surface area contributed by atoms with E-state index in [-0.39, 0.29) is 0 Å². The number of halogens is 2. The van der Waals surface area contributed by atoms with Gasteiger partial charge < -0.3 is 5.32 Å². The van der Waals surface area contributed by atoms with Gasteiger partial charge in [-0.1, -0.05) is 0 Å². The molecule has 0 aromatic heterocycles. The first-order valence-electron chi connectivity index (χ1n) is 6.01. The highest BCUT2D eigenvalue weighted by molar-refractivity contribution is 5.17. The molecular weight excluding hydrogens is 222 g/mol. The highest BCUT2D eigenvalue weighted by Gasteiger charge is 2.17. The summed E-state index contributed by atoms with van der Waals surface area (Å²) in [5.41, 5.74) is 0.690. The van der Waals surface area contributed by atoms with Gasteiger partial charge in [0.25, 0.3) is 0 Å². The topological polar surface area (TPSA) is 15.3 Å². The van der Waals surface area contributed by atoms with Gasteiger partial charge in [-0.05, 0) is 44.1 Å². The average Bonchev–Trinajstić information content (AvgIpc) is 2.28. The van der Waals surface area contributed by atoms with Crippen molar-refractivity contribution in [2.75, 3.05) is 20.1 Å². The normalized spacial score (nSPS) is 20.8. The Morgan fingerprint density at radius 1 is 1.29 bits per heavy atom. The van der Waals surface area contributed by atoms with E-state index in [2.05, 4.69) is 10.2 Å². The van der Waals surface area contributed by atoms with Gasteiger partial charge in [-0.3, -0.25) is 4.90 Å². The van der Waals surface area contributed by atoms with Crippen molar-refractivity contribution < 1.29 is 8.78 Å². The number of hydrogen-bond donors (Lipinski definition) is 1. The standard InChI is InChI=1S/C13H18F2N2/c1-17(13-3-2-4-16-8-13)9-10-5-11(14)7-12(15)6-10/h5-7,13,16H,2-4,8-9H2,1H3. The van der Waals surface area contributed by atoms with Crippen molar-refractivity contribution in [2.24, 2.45) is 0 Å². The van der Waals surface area contributed by atoms with Crippen LogP contribution in [0, 0.1) is 11.6 Å². The third kappa shape index (κ3) is 3.48. The lowest BCUT2D eigenvalue weighted by molar-refractivity contribution is 0.195. The van der Waals surface area contributed by atoms with E-state index in [4.69, 9.17) is 0 Å². The molecule has 0 radical (unpaired) electrons. The quantitative estimate of drug-likeness (QED) is 0.871. The van der Waals surface area contributed by atoms with E-state index >= 15 is 0 Å². The van der Waals surface area contributed by atoms with Gasteiger partial charge in [0.05, 0.1) is 0 Å². The Balaban J connectivity index is 1.99. The van der Waals surface area contributed by atoms with E-state index in [1.807, 2.05) is 7.05 Å². The van der Waals surface area contributed by atoms with Crippen LogP contribution in [0.15, 0.2) is 18.2 Å². The van der Waals surface area contributed by atoms with Crippen LogP contribution in [0.5, 0.6) is 0 Å². The minimum atomic E-state index is -0.504. The summed E-state index contributed by atoms with van der Waals surface area (Å²) in [6, 6.07) is 4.16. The van der Waals surface area contributed by atoms with Crippen molar-refractivity contribution in [1.82, 2.24) is 10.2 Å². The summed E-state index contributed by atoms with van der Waals surface area (Å²) in [5.74, 6) is -1.01. The largest absolute Gasteiger partial charge is 0.315 e. The fourth-order valence-electron chi connectivity index (χ4n) is 2.33. The first kappa shape index (κ1) is 12.5. The van der Waals surface area contributed by atoms with Crippen LogP contribution in [-0.2, 0) is 6.54 Å². The van der Waals surface area contributed by atoms with E-state index < -0.39 is 11.6 Å². The van der Waals surface area contributed by atoms with Gasteiger partial charge in [0, 0.05) is 25.2 Å². The second-order valence-electron chi connectivity index (χ2n) is 4.69. The maximum Gasteiger partial charge on any atom is 0.126 e. The van der Waals surface area contributed by atoms with Crippen LogP contribution in [0.1, 0.15) is 18.4 Å². The molecule has 1 N–H and O–H groups in total. The molecule has 1 aromatic carbocycles. The highest BCUT2D eigenvalue weighted by atomic mass is 19.1. The zero-order chi connectivity index (χ0) is 12.3. The summed E-state index contributed by atoms with van der Waals surface area (Å²) in [6.45, 7) is 2.61. The van der Waals surface area contributed by atoms with Gasteiger partial charge in [-0.25, -0.2) is 8.78 Å². The number of piperidine rings is 1. The van der Waals surface area contributed by atoms with Gasteiger partial charge in [-0.2, -0.15) is 0 Å². The van der Waals surface area contributed by atoms with Crippen LogP contribution in [0.4, 0.5) is 8.78 Å². The third-order valence-corrected chi connectivity index (χ3v) is 3.25. The van der Waals surface area contributed by atoms with Crippen LogP contribution in [-0.4, -0.2) is 31.1 Å². The summed E-state index contributed by atoms with van der Waals surface area (Å²) in [5, 5.41) is 3.33. The molecule has 1 heterocycles. The lowest BCUT2D eigenvalue weighted by atomic mass is 10.1. The summed E-state index contributed by atoms with van der Waals surface area (Å²) in [4.78, 5) is 2.15. The Labute approximate surface area is 101 Å². The average molecular weight is 240 g/mol. The van der Waals surface area contributed by atoms with Crippen molar-refractivity contribution >= 4 is 0 Å². The molecule has 0 aliphatic carbocycles. The second-order valence-corrected chi connectivity index (χ2v) is 4.69. The van der Waals surface area contributed by atoms with Crippen LogP contribution in [0.2, 0.25) is 0 Å². The molecule has 2 nitrogen and oxygen atoms in total. The van der Waals surface area contributed by atoms with Crippen molar-refractivity contribution in [2.45, 2.75) is 25.4 Å². The SMILES string of the molecule is CN(Cc1cc(F)cc(F)c1)C1CCCNC1. The van der Waals surface area contributed by atoms with Gasteiger partial charge >= 0.3 is 0 Å². The Bertz CT molecular complexity index is 355. The van der Waals surface area contributed by atoms with Crippen LogP contribution in [0.25, 0.3) is 0 Å². The summed E-state index contributed by atoms with van der Waals surface area (Å²) in [7, 11) is 2.00. The molecule has 0 saturated carbocycles. The van der Waals surface area contributed by atoms with Gasteiger partial charge in [-0.15, -0.1) is 0 Å². The predicted molar refractivity (Wildman–Crippen MR) is 63.7 cm³/mol. The monoisotopic (exact) mass is 240 g/mol. The number of hydrogen-bond acceptors (Lipinski definition) is 2. The first-order valence-corrected chi connectivity index (χ1v) is 6.01. The molecule has 1 aliphatic heterocycles. The van der Waals surface area contributed by atoms with E-state index in [9.17, 15) is 8.78 Å². The summed E-state index contributed by atoms with van der Waals surface area (Å²) >= 11 is 0. The maximum absolute atomic E-state index is 13.0. The Kier molecular flexibility index (Phi) is 4.07. The number of likely N-dealkylation sites (N-methyl/N-ethyl adjacent to an activating group) is 1. The molecule has 1 unspecified atom stereocenters. The highest BCUT2D eigenvalue weighted by Crippen LogP contribution is 2.14. The van der Waals surface area contributed by atoms with Crippen molar-refractivity contribution in [3.05, 3.63) is 35.4 Å². The van der Waals surface area contributed by atoms with Crippen LogP contribution < -0.4 is 5.32 Å². The van der Waals surface area contributed by atoms with E-state index in [0.29, 0.717) is 18.2 Å². The molecule has 1 fully saturated rings. The molecule has 94 valence electrons. The molecule has 17 heavy (non-hydrogen) atoms. The molecule has 0 amide bonds. The number of nitrogens with one attached hydrogen (secondary N) is 1. The fraction of sp³-hybridized carbons (Fsp3) is 0.538. The lowest BCUT2D eigenvalue weighted by Crippen LogP contribution is -2.43. The van der Waals surface area contributed by atoms with Crippen LogP contribution in [0.3, 0.4) is 0 Å². The number of benzene rings is 1. The van der Waals surface area contributed by atoms with Crippen molar-refractivity contribution in [3.63, 3.8) is 0 Å². The van der Waals surface area contributed by atoms with Gasteiger partial charge in [0.2, 0.25) is 0 Å². The molecule has 0 bridgehead atoms. The molecule has 2 rings (SSSR count). The molecular formula is C13H18F2N2. The fourth-order valence-corrected chi connectivity index (χ4v) is 2.33. The predicted octanol–water partition coefficient (Wildman–Crippen LogP) is 2.15. The molecule has 1 aromatic rings. The Hall–Kier alpha value is -1.00. The van der Waals surface area contributed by atoms with Crippen LogP contribution >= 0.6 is 0 Å². The van der Waals surface area contributed by atoms with Crippen molar-refractivity contribution in [1.29, 1.82) is 0 Å². The minimum Gasteiger partial charge on any atom is -0.315 e. The van der Waals surface area contributed by atoms with Crippen molar-refractivity contribution in [3.8, 4) is 0 Å². The van der Waals surface area contributed by atoms with Gasteiger partial charge in [0.15, 0.2) is 0 Å². The zero-order valence-corrected chi connectivity index (χ0v) is 10.0. The second kappa shape index (κ2) is 5.56. The molecule has 4 heteroatoms. The molecule has 1 saturated heterocycles. The summed E-state index contributed by atoms with van der Waals surface area (Å²) < 4.78 is 26.1. The molecule has 1 aliphatic rings. The molecule has 0 spiro atoms. The first-order chi connectivity index (χ1) is 8.15. The lowest BCUT2D eigenvalue weighted by Gasteiger charge is -2.31. The zero-order valence-electron chi connectivity index (χ0n) is 10.0. The summed E-state index contributed by atoms with van der Waals surface area (Å²) in [6.07, 6.45) is 2.30. The van der Waals surface area contributed by atoms with E-state index in [1.165, 1.54) is 12.1 Å². The number of rotatable bonds is 3. The minimum absolute atomic E-state index is 0.454. The third-order valence-electron chi connectivity index (χ3n) is 3.25. The maximum atomic E-state index is 13.0. The van der Waals surface area contributed by atoms with Gasteiger partial charge in [0.1, 0.15) is 11.6 Å². The molecule has 1 atom stereocenters. The Morgan fingerprint density at radius 3 is 2.59 bits per heavy atom. The number of nitrogens with zero attached hydrogens (tertiary/aromatic N) is 1. The Morgan fingerprint density at radius 2 is 2.00 bits per heavy atom. The van der Waals surface area contributed by atoms with E-state index in [0.717, 1.165) is 32.0 Å². The smallest absolute Gasteiger partial charge is 0.126 e.